The first-order valence-electron chi connectivity index (χ1n) is 7.22. The second kappa shape index (κ2) is 7.44. The molecule has 118 valence electrons. The van der Waals surface area contributed by atoms with Crippen molar-refractivity contribution in [2.75, 3.05) is 11.9 Å². The van der Waals surface area contributed by atoms with Gasteiger partial charge in [-0.1, -0.05) is 6.07 Å². The number of urea groups is 1. The largest absolute Gasteiger partial charge is 0.481 e. The second-order valence-electron chi connectivity index (χ2n) is 5.21. The molecule has 1 fully saturated rings. The third-order valence-corrected chi connectivity index (χ3v) is 3.15. The number of hydrogen-bond donors (Lipinski definition) is 4. The van der Waals surface area contributed by atoms with Gasteiger partial charge < -0.3 is 21.1 Å². The number of hydrogen-bond acceptors (Lipinski definition) is 3. The fraction of sp³-hybridized carbons (Fsp3) is 0.400. The smallest absolute Gasteiger partial charge is 0.319 e. The molecule has 1 aliphatic rings. The van der Waals surface area contributed by atoms with Crippen LogP contribution in [0.3, 0.4) is 0 Å². The minimum absolute atomic E-state index is 0.0171. The van der Waals surface area contributed by atoms with Gasteiger partial charge in [-0.15, -0.1) is 0 Å². The van der Waals surface area contributed by atoms with E-state index in [-0.39, 0.29) is 24.4 Å². The summed E-state index contributed by atoms with van der Waals surface area (Å²) in [4.78, 5) is 34.0. The number of benzene rings is 1. The molecule has 7 heteroatoms. The molecule has 22 heavy (non-hydrogen) atoms. The molecule has 7 nitrogen and oxygen atoms in total. The van der Waals surface area contributed by atoms with Crippen LogP contribution in [0.25, 0.3) is 0 Å². The van der Waals surface area contributed by atoms with Crippen molar-refractivity contribution in [2.45, 2.75) is 31.7 Å². The van der Waals surface area contributed by atoms with E-state index in [0.717, 1.165) is 12.8 Å². The molecule has 0 aromatic heterocycles. The highest BCUT2D eigenvalue weighted by atomic mass is 16.4. The molecule has 1 aliphatic carbocycles. The summed E-state index contributed by atoms with van der Waals surface area (Å²) < 4.78 is 0. The van der Waals surface area contributed by atoms with Crippen molar-refractivity contribution in [3.8, 4) is 0 Å². The molecule has 0 radical (unpaired) electrons. The van der Waals surface area contributed by atoms with Crippen molar-refractivity contribution < 1.29 is 19.5 Å². The van der Waals surface area contributed by atoms with Gasteiger partial charge in [0.2, 0.25) is 0 Å². The Kier molecular flexibility index (Phi) is 5.35. The Balaban J connectivity index is 1.82. The number of amides is 3. The number of anilines is 1. The maximum absolute atomic E-state index is 11.9. The highest BCUT2D eigenvalue weighted by molar-refractivity contribution is 5.96. The van der Waals surface area contributed by atoms with Crippen LogP contribution in [0.2, 0.25) is 0 Å². The summed E-state index contributed by atoms with van der Waals surface area (Å²) in [6, 6.07) is 6.59. The zero-order chi connectivity index (χ0) is 15.9. The molecule has 4 N–H and O–H groups in total. The van der Waals surface area contributed by atoms with Gasteiger partial charge in [0.15, 0.2) is 0 Å². The van der Waals surface area contributed by atoms with Crippen molar-refractivity contribution in [3.05, 3.63) is 29.8 Å². The molecule has 0 bridgehead atoms. The van der Waals surface area contributed by atoms with Gasteiger partial charge in [-0.05, 0) is 37.5 Å². The average molecular weight is 305 g/mol. The van der Waals surface area contributed by atoms with E-state index in [0.29, 0.717) is 24.2 Å². The van der Waals surface area contributed by atoms with Crippen molar-refractivity contribution in [1.29, 1.82) is 0 Å². The van der Waals surface area contributed by atoms with E-state index in [1.54, 1.807) is 24.3 Å². The van der Waals surface area contributed by atoms with Crippen LogP contribution in [0.4, 0.5) is 10.5 Å². The Bertz CT molecular complexity index is 570. The number of aliphatic carboxylic acids is 1. The predicted molar refractivity (Wildman–Crippen MR) is 80.8 cm³/mol. The fourth-order valence-electron chi connectivity index (χ4n) is 1.86. The van der Waals surface area contributed by atoms with Crippen LogP contribution in [0.15, 0.2) is 24.3 Å². The Hall–Kier alpha value is -2.57. The molecule has 0 atom stereocenters. The van der Waals surface area contributed by atoms with E-state index in [1.807, 2.05) is 0 Å². The van der Waals surface area contributed by atoms with Crippen LogP contribution in [-0.4, -0.2) is 35.6 Å². The normalized spacial score (nSPS) is 13.3. The topological polar surface area (TPSA) is 108 Å². The van der Waals surface area contributed by atoms with Crippen LogP contribution < -0.4 is 16.0 Å². The van der Waals surface area contributed by atoms with Gasteiger partial charge in [0.05, 0.1) is 0 Å². The van der Waals surface area contributed by atoms with Crippen LogP contribution in [0.1, 0.15) is 36.0 Å². The standard InChI is InChI=1S/C15H19N3O4/c19-13(20)5-2-8-16-14(21)10-3-1-4-12(9-10)18-15(22)17-11-6-7-11/h1,3-4,9,11H,2,5-8H2,(H,16,21)(H,19,20)(H2,17,18,22). The first-order chi connectivity index (χ1) is 10.5. The molecule has 0 spiro atoms. The predicted octanol–water partition coefficient (Wildman–Crippen LogP) is 1.57. The maximum atomic E-state index is 11.9. The maximum Gasteiger partial charge on any atom is 0.319 e. The molecule has 0 heterocycles. The minimum Gasteiger partial charge on any atom is -0.481 e. The lowest BCUT2D eigenvalue weighted by Gasteiger charge is -2.09. The van der Waals surface area contributed by atoms with E-state index >= 15 is 0 Å². The zero-order valence-corrected chi connectivity index (χ0v) is 12.1. The first-order valence-corrected chi connectivity index (χ1v) is 7.22. The quantitative estimate of drug-likeness (QED) is 0.573. The molecular weight excluding hydrogens is 286 g/mol. The van der Waals surface area contributed by atoms with Gasteiger partial charge in [0.1, 0.15) is 0 Å². The summed E-state index contributed by atoms with van der Waals surface area (Å²) in [5, 5.41) is 16.7. The number of nitrogens with one attached hydrogen (secondary N) is 3. The third-order valence-electron chi connectivity index (χ3n) is 3.15. The number of carboxylic acid groups (broad SMARTS) is 1. The van der Waals surface area contributed by atoms with E-state index in [1.165, 1.54) is 0 Å². The summed E-state index contributed by atoms with van der Waals surface area (Å²) in [7, 11) is 0. The second-order valence-corrected chi connectivity index (χ2v) is 5.21. The highest BCUT2D eigenvalue weighted by Gasteiger charge is 2.23. The summed E-state index contributed by atoms with van der Waals surface area (Å²) in [6.07, 6.45) is 2.41. The molecule has 1 saturated carbocycles. The third kappa shape index (κ3) is 5.43. The van der Waals surface area contributed by atoms with Gasteiger partial charge in [-0.2, -0.15) is 0 Å². The molecule has 0 aliphatic heterocycles. The monoisotopic (exact) mass is 305 g/mol. The fourth-order valence-corrected chi connectivity index (χ4v) is 1.86. The van der Waals surface area contributed by atoms with Crippen molar-refractivity contribution in [1.82, 2.24) is 10.6 Å². The van der Waals surface area contributed by atoms with Crippen LogP contribution >= 0.6 is 0 Å². The molecular formula is C15H19N3O4. The lowest BCUT2D eigenvalue weighted by Crippen LogP contribution is -2.30. The van der Waals surface area contributed by atoms with Gasteiger partial charge >= 0.3 is 12.0 Å². The minimum atomic E-state index is -0.887. The van der Waals surface area contributed by atoms with Gasteiger partial charge in [0.25, 0.3) is 5.91 Å². The lowest BCUT2D eigenvalue weighted by molar-refractivity contribution is -0.137. The zero-order valence-electron chi connectivity index (χ0n) is 12.1. The number of carbonyl (C=O) groups excluding carboxylic acids is 2. The van der Waals surface area contributed by atoms with Crippen molar-refractivity contribution >= 4 is 23.6 Å². The average Bonchev–Trinajstić information content (AvgIpc) is 3.27. The summed E-state index contributed by atoms with van der Waals surface area (Å²) in [5.74, 6) is -1.18. The summed E-state index contributed by atoms with van der Waals surface area (Å²) in [5.41, 5.74) is 0.955. The number of carbonyl (C=O) groups is 3. The molecule has 1 aromatic carbocycles. The SMILES string of the molecule is O=C(O)CCCNC(=O)c1cccc(NC(=O)NC2CC2)c1. The van der Waals surface area contributed by atoms with E-state index in [4.69, 9.17) is 5.11 Å². The lowest BCUT2D eigenvalue weighted by atomic mass is 10.2. The number of rotatable bonds is 7. The van der Waals surface area contributed by atoms with Gasteiger partial charge in [0, 0.05) is 30.3 Å². The van der Waals surface area contributed by atoms with E-state index < -0.39 is 5.97 Å². The van der Waals surface area contributed by atoms with Crippen LogP contribution in [-0.2, 0) is 4.79 Å². The summed E-state index contributed by atoms with van der Waals surface area (Å²) in [6.45, 7) is 0.297. The molecule has 2 rings (SSSR count). The number of carboxylic acids is 1. The molecule has 3 amide bonds. The van der Waals surface area contributed by atoms with Crippen molar-refractivity contribution in [3.63, 3.8) is 0 Å². The Morgan fingerprint density at radius 3 is 2.68 bits per heavy atom. The first kappa shape index (κ1) is 15.8. The Morgan fingerprint density at radius 1 is 1.23 bits per heavy atom. The van der Waals surface area contributed by atoms with Crippen molar-refractivity contribution in [2.24, 2.45) is 0 Å². The molecule has 0 saturated heterocycles. The Labute approximate surface area is 128 Å². The van der Waals surface area contributed by atoms with Crippen LogP contribution in [0, 0.1) is 0 Å². The van der Waals surface area contributed by atoms with Gasteiger partial charge in [-0.3, -0.25) is 9.59 Å². The summed E-state index contributed by atoms with van der Waals surface area (Å²) >= 11 is 0. The van der Waals surface area contributed by atoms with Gasteiger partial charge in [-0.25, -0.2) is 4.79 Å². The van der Waals surface area contributed by atoms with Crippen LogP contribution in [0.5, 0.6) is 0 Å². The van der Waals surface area contributed by atoms with E-state index in [9.17, 15) is 14.4 Å². The Morgan fingerprint density at radius 2 is 2.00 bits per heavy atom. The molecule has 1 aromatic rings. The highest BCUT2D eigenvalue weighted by Crippen LogP contribution is 2.19. The molecule has 0 unspecified atom stereocenters. The van der Waals surface area contributed by atoms with E-state index in [2.05, 4.69) is 16.0 Å².